The summed E-state index contributed by atoms with van der Waals surface area (Å²) in [5.41, 5.74) is 2.23. The Kier molecular flexibility index (Phi) is 6.26. The summed E-state index contributed by atoms with van der Waals surface area (Å²) in [5.74, 6) is -0.0797. The Labute approximate surface area is 144 Å². The number of carbonyl (C=O) groups is 1. The lowest BCUT2D eigenvalue weighted by Crippen LogP contribution is -2.36. The summed E-state index contributed by atoms with van der Waals surface area (Å²) in [7, 11) is 0. The molecule has 3 rings (SSSR count). The van der Waals surface area contributed by atoms with E-state index in [4.69, 9.17) is 4.74 Å². The average Bonchev–Trinajstić information content (AvgIpc) is 2.89. The van der Waals surface area contributed by atoms with E-state index in [1.165, 1.54) is 44.3 Å². The molecule has 24 heavy (non-hydrogen) atoms. The number of hydrogen-bond donors (Lipinski definition) is 1. The highest BCUT2D eigenvalue weighted by molar-refractivity contribution is 5.77. The largest absolute Gasteiger partial charge is 0.372 e. The van der Waals surface area contributed by atoms with E-state index in [-0.39, 0.29) is 12.5 Å². The van der Waals surface area contributed by atoms with Crippen LogP contribution in [0.15, 0.2) is 6.07 Å². The fourth-order valence-electron chi connectivity index (χ4n) is 3.83. The van der Waals surface area contributed by atoms with Crippen LogP contribution in [0.25, 0.3) is 0 Å². The molecule has 6 nitrogen and oxygen atoms in total. The molecule has 1 saturated carbocycles. The smallest absolute Gasteiger partial charge is 0.246 e. The van der Waals surface area contributed by atoms with Crippen molar-refractivity contribution in [2.75, 3.05) is 19.8 Å². The highest BCUT2D eigenvalue weighted by Gasteiger charge is 2.24. The first-order valence-electron chi connectivity index (χ1n) is 9.40. The minimum absolute atomic E-state index is 0.0797. The summed E-state index contributed by atoms with van der Waals surface area (Å²) in [6.45, 7) is 6.19. The number of fused-ring (bicyclic) bond motifs is 1. The Morgan fingerprint density at radius 2 is 2.12 bits per heavy atom. The summed E-state index contributed by atoms with van der Waals surface area (Å²) in [6, 6.07) is 2.90. The molecule has 1 aliphatic heterocycles. The minimum Gasteiger partial charge on any atom is -0.372 e. The van der Waals surface area contributed by atoms with Gasteiger partial charge in [0.1, 0.15) is 6.61 Å². The first kappa shape index (κ1) is 17.4. The zero-order chi connectivity index (χ0) is 16.8. The Hall–Kier alpha value is -1.40. The number of amides is 1. The number of nitrogens with zero attached hydrogens (tertiary/aromatic N) is 3. The SMILES string of the molecule is CCOCC(=O)NCc1cc2n(n1)CCCN(C1CCCCC1)C2. The molecular formula is C18H30N4O2. The highest BCUT2D eigenvalue weighted by atomic mass is 16.5. The molecule has 0 bridgehead atoms. The van der Waals surface area contributed by atoms with Crippen molar-refractivity contribution in [3.05, 3.63) is 17.5 Å². The van der Waals surface area contributed by atoms with Gasteiger partial charge in [-0.1, -0.05) is 19.3 Å². The van der Waals surface area contributed by atoms with Gasteiger partial charge >= 0.3 is 0 Å². The average molecular weight is 334 g/mol. The molecule has 2 aliphatic rings. The quantitative estimate of drug-likeness (QED) is 0.865. The van der Waals surface area contributed by atoms with Gasteiger partial charge in [0.05, 0.1) is 17.9 Å². The maximum Gasteiger partial charge on any atom is 0.246 e. The lowest BCUT2D eigenvalue weighted by molar-refractivity contribution is -0.125. The third-order valence-corrected chi connectivity index (χ3v) is 5.09. The standard InChI is InChI=1S/C18H30N4O2/c1-2-24-14-18(23)19-12-15-11-17-13-21(9-6-10-22(17)20-15)16-7-4-3-5-8-16/h11,16H,2-10,12-14H2,1H3,(H,19,23). The minimum atomic E-state index is -0.0797. The van der Waals surface area contributed by atoms with E-state index in [2.05, 4.69) is 26.1 Å². The van der Waals surface area contributed by atoms with Gasteiger partial charge in [-0.2, -0.15) is 5.10 Å². The van der Waals surface area contributed by atoms with Gasteiger partial charge in [-0.15, -0.1) is 0 Å². The molecule has 1 aromatic rings. The summed E-state index contributed by atoms with van der Waals surface area (Å²) in [6.07, 6.45) is 7.98. The molecule has 134 valence electrons. The molecular weight excluding hydrogens is 304 g/mol. The van der Waals surface area contributed by atoms with Gasteiger partial charge in [0, 0.05) is 32.3 Å². The topological polar surface area (TPSA) is 59.4 Å². The van der Waals surface area contributed by atoms with Crippen LogP contribution < -0.4 is 5.32 Å². The molecule has 0 radical (unpaired) electrons. The van der Waals surface area contributed by atoms with Gasteiger partial charge < -0.3 is 10.1 Å². The zero-order valence-electron chi connectivity index (χ0n) is 14.8. The zero-order valence-corrected chi connectivity index (χ0v) is 14.8. The predicted molar refractivity (Wildman–Crippen MR) is 92.5 cm³/mol. The molecule has 1 aromatic heterocycles. The third kappa shape index (κ3) is 4.57. The number of aryl methyl sites for hydroxylation is 1. The fourth-order valence-corrected chi connectivity index (χ4v) is 3.83. The van der Waals surface area contributed by atoms with Crippen molar-refractivity contribution in [1.82, 2.24) is 20.0 Å². The fraction of sp³-hybridized carbons (Fsp3) is 0.778. The normalized spacial score (nSPS) is 19.7. The molecule has 0 aromatic carbocycles. The van der Waals surface area contributed by atoms with Gasteiger partial charge in [0.25, 0.3) is 0 Å². The first-order chi connectivity index (χ1) is 11.8. The molecule has 0 atom stereocenters. The van der Waals surface area contributed by atoms with E-state index in [1.54, 1.807) is 0 Å². The third-order valence-electron chi connectivity index (χ3n) is 5.09. The molecule has 1 amide bonds. The summed E-state index contributed by atoms with van der Waals surface area (Å²) >= 11 is 0. The van der Waals surface area contributed by atoms with E-state index < -0.39 is 0 Å². The van der Waals surface area contributed by atoms with Crippen LogP contribution in [0.3, 0.4) is 0 Å². The second kappa shape index (κ2) is 8.62. The monoisotopic (exact) mass is 334 g/mol. The number of ether oxygens (including phenoxy) is 1. The Morgan fingerprint density at radius 1 is 1.29 bits per heavy atom. The van der Waals surface area contributed by atoms with Crippen molar-refractivity contribution in [3.8, 4) is 0 Å². The van der Waals surface area contributed by atoms with Crippen LogP contribution in [0.4, 0.5) is 0 Å². The Balaban J connectivity index is 1.57. The molecule has 2 heterocycles. The van der Waals surface area contributed by atoms with Crippen molar-refractivity contribution >= 4 is 5.91 Å². The molecule has 1 aliphatic carbocycles. The Bertz CT molecular complexity index is 537. The second-order valence-electron chi connectivity index (χ2n) is 6.88. The summed E-state index contributed by atoms with van der Waals surface area (Å²) < 4.78 is 7.25. The van der Waals surface area contributed by atoms with Gasteiger partial charge in [0.15, 0.2) is 0 Å². The molecule has 1 fully saturated rings. The molecule has 0 unspecified atom stereocenters. The van der Waals surface area contributed by atoms with Gasteiger partial charge in [-0.3, -0.25) is 14.4 Å². The highest BCUT2D eigenvalue weighted by Crippen LogP contribution is 2.25. The lowest BCUT2D eigenvalue weighted by Gasteiger charge is -2.33. The number of rotatable bonds is 6. The van der Waals surface area contributed by atoms with Crippen molar-refractivity contribution < 1.29 is 9.53 Å². The summed E-state index contributed by atoms with van der Waals surface area (Å²) in [5, 5.41) is 7.56. The van der Waals surface area contributed by atoms with Crippen LogP contribution in [-0.2, 0) is 29.2 Å². The van der Waals surface area contributed by atoms with Crippen LogP contribution in [0, 0.1) is 0 Å². The number of hydrogen-bond acceptors (Lipinski definition) is 4. The summed E-state index contributed by atoms with van der Waals surface area (Å²) in [4.78, 5) is 14.3. The van der Waals surface area contributed by atoms with Crippen molar-refractivity contribution in [2.24, 2.45) is 0 Å². The maximum absolute atomic E-state index is 11.7. The van der Waals surface area contributed by atoms with E-state index in [1.807, 2.05) is 6.92 Å². The van der Waals surface area contributed by atoms with Gasteiger partial charge in [-0.05, 0) is 32.3 Å². The maximum atomic E-state index is 11.7. The van der Waals surface area contributed by atoms with Crippen LogP contribution in [0.1, 0.15) is 56.8 Å². The van der Waals surface area contributed by atoms with Crippen molar-refractivity contribution in [2.45, 2.75) is 71.1 Å². The first-order valence-corrected chi connectivity index (χ1v) is 9.40. The van der Waals surface area contributed by atoms with Gasteiger partial charge in [-0.25, -0.2) is 0 Å². The lowest BCUT2D eigenvalue weighted by atomic mass is 9.94. The Morgan fingerprint density at radius 3 is 2.92 bits per heavy atom. The molecule has 0 spiro atoms. The molecule has 6 heteroatoms. The van der Waals surface area contributed by atoms with E-state index >= 15 is 0 Å². The number of carbonyl (C=O) groups excluding carboxylic acids is 1. The van der Waals surface area contributed by atoms with Crippen molar-refractivity contribution in [1.29, 1.82) is 0 Å². The van der Waals surface area contributed by atoms with Crippen LogP contribution >= 0.6 is 0 Å². The van der Waals surface area contributed by atoms with E-state index in [0.29, 0.717) is 13.2 Å². The van der Waals surface area contributed by atoms with Crippen LogP contribution in [0.5, 0.6) is 0 Å². The van der Waals surface area contributed by atoms with E-state index in [9.17, 15) is 4.79 Å². The molecule has 0 saturated heterocycles. The van der Waals surface area contributed by atoms with Crippen molar-refractivity contribution in [3.63, 3.8) is 0 Å². The molecule has 1 N–H and O–H groups in total. The van der Waals surface area contributed by atoms with E-state index in [0.717, 1.165) is 31.2 Å². The predicted octanol–water partition coefficient (Wildman–Crippen LogP) is 2.07. The number of nitrogens with one attached hydrogen (secondary N) is 1. The number of aromatic nitrogens is 2. The van der Waals surface area contributed by atoms with Crippen LogP contribution in [-0.4, -0.2) is 46.4 Å². The van der Waals surface area contributed by atoms with Gasteiger partial charge in [0.2, 0.25) is 5.91 Å². The van der Waals surface area contributed by atoms with Crippen LogP contribution in [0.2, 0.25) is 0 Å². The second-order valence-corrected chi connectivity index (χ2v) is 6.88.